The third-order valence-corrected chi connectivity index (χ3v) is 2.33. The molecule has 0 radical (unpaired) electrons. The molecule has 0 aromatic carbocycles. The van der Waals surface area contributed by atoms with Gasteiger partial charge in [0.2, 0.25) is 5.18 Å². The van der Waals surface area contributed by atoms with Gasteiger partial charge < -0.3 is 9.64 Å². The molecule has 0 aliphatic rings. The molecule has 0 heterocycles. The number of rotatable bonds is 3. The second kappa shape index (κ2) is 3.98. The molecular formula is C8H16ClNO. The van der Waals surface area contributed by atoms with Crippen LogP contribution in [0.1, 0.15) is 20.8 Å². The topological polar surface area (TPSA) is 12.5 Å². The van der Waals surface area contributed by atoms with Crippen molar-refractivity contribution in [3.05, 3.63) is 11.8 Å². The Morgan fingerprint density at radius 1 is 1.64 bits per heavy atom. The van der Waals surface area contributed by atoms with Crippen LogP contribution in [0.5, 0.6) is 0 Å². The van der Waals surface area contributed by atoms with Crippen molar-refractivity contribution in [2.45, 2.75) is 26.0 Å². The molecule has 2 nitrogen and oxygen atoms in total. The highest BCUT2D eigenvalue weighted by Crippen LogP contribution is 2.22. The van der Waals surface area contributed by atoms with E-state index in [2.05, 4.69) is 0 Å². The fourth-order valence-corrected chi connectivity index (χ4v) is 0.779. The molecule has 0 aliphatic heterocycles. The van der Waals surface area contributed by atoms with Gasteiger partial charge in [0, 0.05) is 19.9 Å². The van der Waals surface area contributed by atoms with Gasteiger partial charge in [-0.1, -0.05) is 17.7 Å². The molecule has 0 saturated carbocycles. The number of halogens is 1. The van der Waals surface area contributed by atoms with E-state index in [1.54, 1.807) is 7.11 Å². The molecule has 0 aromatic heterocycles. The number of methoxy groups -OCH3 is 1. The van der Waals surface area contributed by atoms with Gasteiger partial charge in [0.05, 0.1) is 0 Å². The lowest BCUT2D eigenvalue weighted by atomic mass is 10.4. The average molecular weight is 178 g/mol. The van der Waals surface area contributed by atoms with E-state index in [1.807, 2.05) is 38.8 Å². The van der Waals surface area contributed by atoms with Crippen LogP contribution in [-0.2, 0) is 4.74 Å². The van der Waals surface area contributed by atoms with E-state index in [0.29, 0.717) is 0 Å². The van der Waals surface area contributed by atoms with Crippen LogP contribution in [0.2, 0.25) is 0 Å². The zero-order valence-corrected chi connectivity index (χ0v) is 8.57. The number of allylic oxidation sites excluding steroid dienone is 2. The first-order chi connectivity index (χ1) is 4.95. The monoisotopic (exact) mass is 177 g/mol. The quantitative estimate of drug-likeness (QED) is 0.373. The van der Waals surface area contributed by atoms with Crippen molar-refractivity contribution in [3.8, 4) is 0 Å². The van der Waals surface area contributed by atoms with E-state index in [-0.39, 0.29) is 0 Å². The molecule has 0 saturated heterocycles. The van der Waals surface area contributed by atoms with E-state index in [0.717, 1.165) is 5.70 Å². The van der Waals surface area contributed by atoms with Gasteiger partial charge in [0.25, 0.3) is 0 Å². The third-order valence-electron chi connectivity index (χ3n) is 1.92. The molecule has 3 heteroatoms. The van der Waals surface area contributed by atoms with Gasteiger partial charge in [-0.25, -0.2) is 0 Å². The number of hydrogen-bond donors (Lipinski definition) is 0. The summed E-state index contributed by atoms with van der Waals surface area (Å²) in [5, 5.41) is -0.739. The average Bonchev–Trinajstić information content (AvgIpc) is 2.01. The molecule has 1 unspecified atom stereocenters. The zero-order chi connectivity index (χ0) is 9.07. The van der Waals surface area contributed by atoms with Gasteiger partial charge in [0.15, 0.2) is 0 Å². The van der Waals surface area contributed by atoms with Gasteiger partial charge in [-0.2, -0.15) is 0 Å². The summed E-state index contributed by atoms with van der Waals surface area (Å²) in [6, 6.07) is 0. The molecule has 0 aliphatic carbocycles. The van der Waals surface area contributed by atoms with Crippen molar-refractivity contribution in [2.24, 2.45) is 0 Å². The number of alkyl halides is 1. The summed E-state index contributed by atoms with van der Waals surface area (Å²) in [5.41, 5.74) is 1.09. The fourth-order valence-electron chi connectivity index (χ4n) is 0.646. The molecular weight excluding hydrogens is 162 g/mol. The maximum Gasteiger partial charge on any atom is 0.215 e. The van der Waals surface area contributed by atoms with Crippen molar-refractivity contribution in [1.29, 1.82) is 0 Å². The lowest BCUT2D eigenvalue weighted by Gasteiger charge is -2.33. The summed E-state index contributed by atoms with van der Waals surface area (Å²) >= 11 is 6.01. The largest absolute Gasteiger partial charge is 0.346 e. The minimum atomic E-state index is -0.739. The van der Waals surface area contributed by atoms with Gasteiger partial charge in [-0.3, -0.25) is 0 Å². The fraction of sp³-hybridized carbons (Fsp3) is 0.750. The predicted molar refractivity (Wildman–Crippen MR) is 48.5 cm³/mol. The standard InChI is InChI=1S/C8H16ClNO/c1-6-7(2)10(4)8(3,9)11-5/h6H,1-5H3/b7-6+. The summed E-state index contributed by atoms with van der Waals surface area (Å²) in [6.45, 7) is 5.76. The Morgan fingerprint density at radius 2 is 2.09 bits per heavy atom. The van der Waals surface area contributed by atoms with Crippen molar-refractivity contribution in [1.82, 2.24) is 4.90 Å². The van der Waals surface area contributed by atoms with Crippen molar-refractivity contribution in [3.63, 3.8) is 0 Å². The first-order valence-corrected chi connectivity index (χ1v) is 3.94. The number of hydrogen-bond acceptors (Lipinski definition) is 2. The van der Waals surface area contributed by atoms with Gasteiger partial charge >= 0.3 is 0 Å². The van der Waals surface area contributed by atoms with Crippen LogP contribution >= 0.6 is 11.6 Å². The van der Waals surface area contributed by atoms with Crippen LogP contribution in [-0.4, -0.2) is 24.2 Å². The van der Waals surface area contributed by atoms with Crippen LogP contribution < -0.4 is 0 Å². The normalized spacial score (nSPS) is 17.8. The molecule has 0 spiro atoms. The molecule has 0 N–H and O–H groups in total. The summed E-state index contributed by atoms with van der Waals surface area (Å²) in [7, 11) is 3.48. The van der Waals surface area contributed by atoms with Crippen LogP contribution in [0.3, 0.4) is 0 Å². The van der Waals surface area contributed by atoms with E-state index in [1.165, 1.54) is 0 Å². The highest BCUT2D eigenvalue weighted by molar-refractivity contribution is 6.22. The molecule has 0 bridgehead atoms. The summed E-state index contributed by atoms with van der Waals surface area (Å²) in [5.74, 6) is 0. The molecule has 0 fully saturated rings. The van der Waals surface area contributed by atoms with Crippen LogP contribution in [0.25, 0.3) is 0 Å². The number of nitrogens with zero attached hydrogens (tertiary/aromatic N) is 1. The molecule has 1 atom stereocenters. The second-order valence-electron chi connectivity index (χ2n) is 2.56. The van der Waals surface area contributed by atoms with E-state index in [4.69, 9.17) is 16.3 Å². The van der Waals surface area contributed by atoms with E-state index in [9.17, 15) is 0 Å². The van der Waals surface area contributed by atoms with E-state index >= 15 is 0 Å². The Kier molecular flexibility index (Phi) is 3.90. The first kappa shape index (κ1) is 10.8. The highest BCUT2D eigenvalue weighted by Gasteiger charge is 2.25. The van der Waals surface area contributed by atoms with Crippen LogP contribution in [0, 0.1) is 0 Å². The van der Waals surface area contributed by atoms with Crippen molar-refractivity contribution >= 4 is 11.6 Å². The van der Waals surface area contributed by atoms with Crippen LogP contribution in [0.4, 0.5) is 0 Å². The minimum Gasteiger partial charge on any atom is -0.346 e. The first-order valence-electron chi connectivity index (χ1n) is 3.56. The second-order valence-corrected chi connectivity index (χ2v) is 3.26. The van der Waals surface area contributed by atoms with Gasteiger partial charge in [-0.15, -0.1) is 0 Å². The smallest absolute Gasteiger partial charge is 0.215 e. The Balaban J connectivity index is 4.35. The van der Waals surface area contributed by atoms with Crippen molar-refractivity contribution in [2.75, 3.05) is 14.2 Å². The Morgan fingerprint density at radius 3 is 2.36 bits per heavy atom. The lowest BCUT2D eigenvalue weighted by molar-refractivity contribution is -0.0236. The van der Waals surface area contributed by atoms with Gasteiger partial charge in [0.1, 0.15) is 0 Å². The summed E-state index contributed by atoms with van der Waals surface area (Å²) < 4.78 is 5.07. The SMILES string of the molecule is C/C=C(\C)N(C)C(C)(Cl)OC. The zero-order valence-electron chi connectivity index (χ0n) is 7.81. The highest BCUT2D eigenvalue weighted by atomic mass is 35.5. The number of ether oxygens (including phenoxy) is 1. The van der Waals surface area contributed by atoms with E-state index < -0.39 is 5.18 Å². The lowest BCUT2D eigenvalue weighted by Crippen LogP contribution is -2.38. The molecule has 0 amide bonds. The minimum absolute atomic E-state index is 0.739. The maximum absolute atomic E-state index is 6.01. The molecule has 11 heavy (non-hydrogen) atoms. The summed E-state index contributed by atoms with van der Waals surface area (Å²) in [4.78, 5) is 1.87. The molecule has 0 aromatic rings. The maximum atomic E-state index is 6.01. The van der Waals surface area contributed by atoms with Crippen LogP contribution in [0.15, 0.2) is 11.8 Å². The molecule has 0 rings (SSSR count). The van der Waals surface area contributed by atoms with Gasteiger partial charge in [-0.05, 0) is 20.8 Å². The summed E-state index contributed by atoms with van der Waals surface area (Å²) in [6.07, 6.45) is 1.99. The predicted octanol–water partition coefficient (Wildman–Crippen LogP) is 2.40. The Bertz CT molecular complexity index is 154. The molecule has 66 valence electrons. The Hall–Kier alpha value is -0.210. The van der Waals surface area contributed by atoms with Crippen molar-refractivity contribution < 1.29 is 4.74 Å². The third kappa shape index (κ3) is 2.72. The Labute approximate surface area is 73.8 Å².